The number of aromatic nitrogens is 1. The van der Waals surface area contributed by atoms with E-state index in [1.54, 1.807) is 26.2 Å². The highest BCUT2D eigenvalue weighted by molar-refractivity contribution is 5.78. The molecule has 0 aromatic carbocycles. The van der Waals surface area contributed by atoms with Crippen LogP contribution in [0.5, 0.6) is 0 Å². The summed E-state index contributed by atoms with van der Waals surface area (Å²) in [6.45, 7) is 16.8. The smallest absolute Gasteiger partial charge is 0.227 e. The zero-order valence-corrected chi connectivity index (χ0v) is 31.4. The highest BCUT2D eigenvalue weighted by Gasteiger charge is 2.84. The molecule has 1 aromatic heterocycles. The van der Waals surface area contributed by atoms with Crippen molar-refractivity contribution in [2.75, 3.05) is 19.7 Å². The molecule has 2 aliphatic heterocycles. The number of amides is 1. The summed E-state index contributed by atoms with van der Waals surface area (Å²) in [7, 11) is 0. The van der Waals surface area contributed by atoms with Crippen LogP contribution in [0.3, 0.4) is 0 Å². The molecule has 278 valence electrons. The third kappa shape index (κ3) is 4.85. The van der Waals surface area contributed by atoms with Crippen LogP contribution in [0, 0.1) is 50.7 Å². The number of rotatable bonds is 6. The average Bonchev–Trinajstić information content (AvgIpc) is 3.70. The van der Waals surface area contributed by atoms with Crippen LogP contribution in [0.1, 0.15) is 105 Å². The van der Waals surface area contributed by atoms with E-state index in [4.69, 9.17) is 14.2 Å². The molecule has 3 heterocycles. The van der Waals surface area contributed by atoms with Gasteiger partial charge in [0, 0.05) is 24.4 Å². The van der Waals surface area contributed by atoms with Crippen LogP contribution in [0.15, 0.2) is 24.5 Å². The molecule has 0 radical (unpaired) electrons. The van der Waals surface area contributed by atoms with Crippen LogP contribution in [-0.2, 0) is 25.4 Å². The molecule has 5 saturated carbocycles. The summed E-state index contributed by atoms with van der Waals surface area (Å²) in [4.78, 5) is 19.2. The molecular formula is C41H62N2O7. The number of hydrogen-bond donors (Lipinski definition) is 3. The average molecular weight is 695 g/mol. The number of carbonyl (C=O) groups is 1. The number of aliphatic hydroxyl groups excluding tert-OH is 2. The molecule has 2 spiro atoms. The minimum Gasteiger partial charge on any atom is -0.390 e. The maximum atomic E-state index is 13.2. The largest absolute Gasteiger partial charge is 0.390 e. The van der Waals surface area contributed by atoms with E-state index in [-0.39, 0.29) is 57.0 Å². The normalized spacial score (nSPS) is 48.4. The number of fused-ring (bicyclic) bond motifs is 4. The molecule has 1 amide bonds. The van der Waals surface area contributed by atoms with Gasteiger partial charge in [0.25, 0.3) is 0 Å². The van der Waals surface area contributed by atoms with E-state index in [0.717, 1.165) is 37.7 Å². The van der Waals surface area contributed by atoms with Crippen LogP contribution in [-0.4, -0.2) is 93.2 Å². The molecule has 8 rings (SSSR count). The highest BCUT2D eigenvalue weighted by atomic mass is 16.7. The first-order chi connectivity index (χ1) is 23.5. The molecule has 9 heteroatoms. The molecule has 14 atom stereocenters. The van der Waals surface area contributed by atoms with Gasteiger partial charge in [-0.15, -0.1) is 0 Å². The van der Waals surface area contributed by atoms with Crippen LogP contribution < -0.4 is 0 Å². The number of carbonyl (C=O) groups excluding carboxylic acids is 1. The van der Waals surface area contributed by atoms with Crippen molar-refractivity contribution in [3.05, 3.63) is 30.1 Å². The predicted molar refractivity (Wildman–Crippen MR) is 188 cm³/mol. The number of pyridine rings is 1. The lowest BCUT2D eigenvalue weighted by molar-refractivity contribution is -0.248. The van der Waals surface area contributed by atoms with E-state index in [2.05, 4.69) is 39.6 Å². The van der Waals surface area contributed by atoms with Crippen molar-refractivity contribution < 1.29 is 34.3 Å². The van der Waals surface area contributed by atoms with Gasteiger partial charge >= 0.3 is 0 Å². The van der Waals surface area contributed by atoms with Gasteiger partial charge in [0.2, 0.25) is 5.91 Å². The van der Waals surface area contributed by atoms with Gasteiger partial charge in [0.05, 0.1) is 49.6 Å². The van der Waals surface area contributed by atoms with Crippen molar-refractivity contribution in [1.29, 1.82) is 0 Å². The molecule has 9 nitrogen and oxygen atoms in total. The molecule has 50 heavy (non-hydrogen) atoms. The Bertz CT molecular complexity index is 1470. The van der Waals surface area contributed by atoms with Gasteiger partial charge in [-0.25, -0.2) is 0 Å². The molecular weight excluding hydrogens is 632 g/mol. The van der Waals surface area contributed by atoms with E-state index in [1.165, 1.54) is 12.8 Å². The summed E-state index contributed by atoms with van der Waals surface area (Å²) in [5, 5.41) is 34.2. The zero-order valence-electron chi connectivity index (χ0n) is 31.4. The first-order valence-corrected chi connectivity index (χ1v) is 19.7. The summed E-state index contributed by atoms with van der Waals surface area (Å²) in [6, 6.07) is 3.82. The van der Waals surface area contributed by atoms with Gasteiger partial charge in [-0.1, -0.05) is 40.7 Å². The molecule has 2 saturated heterocycles. The second-order valence-electron chi connectivity index (χ2n) is 19.5. The molecule has 5 unspecified atom stereocenters. The maximum absolute atomic E-state index is 13.2. The third-order valence-electron chi connectivity index (χ3n) is 16.6. The molecule has 5 aliphatic carbocycles. The summed E-state index contributed by atoms with van der Waals surface area (Å²) in [5.74, 6) is 1.56. The van der Waals surface area contributed by atoms with Crippen molar-refractivity contribution in [2.45, 2.75) is 149 Å². The van der Waals surface area contributed by atoms with Crippen LogP contribution >= 0.6 is 0 Å². The van der Waals surface area contributed by atoms with E-state index < -0.39 is 30.2 Å². The lowest BCUT2D eigenvalue weighted by Crippen LogP contribution is -2.60. The van der Waals surface area contributed by atoms with Gasteiger partial charge in [0.15, 0.2) is 6.29 Å². The lowest BCUT2D eigenvalue weighted by atomic mass is 9.41. The molecule has 7 aliphatic rings. The summed E-state index contributed by atoms with van der Waals surface area (Å²) >= 11 is 0. The zero-order chi connectivity index (χ0) is 35.6. The molecule has 7 fully saturated rings. The fourth-order valence-electron chi connectivity index (χ4n) is 14.1. The third-order valence-corrected chi connectivity index (χ3v) is 16.6. The van der Waals surface area contributed by atoms with Gasteiger partial charge in [-0.2, -0.15) is 0 Å². The fraction of sp³-hybridized carbons (Fsp3) is 0.854. The van der Waals surface area contributed by atoms with Crippen molar-refractivity contribution in [3.63, 3.8) is 0 Å². The van der Waals surface area contributed by atoms with E-state index in [9.17, 15) is 20.1 Å². The monoisotopic (exact) mass is 694 g/mol. The summed E-state index contributed by atoms with van der Waals surface area (Å²) in [5.41, 5.74) is -0.222. The second kappa shape index (κ2) is 11.7. The highest BCUT2D eigenvalue weighted by Crippen LogP contribution is 2.89. The number of aliphatic hydroxyl groups is 3. The fourth-order valence-corrected chi connectivity index (χ4v) is 14.1. The number of ether oxygens (including phenoxy) is 3. The minimum absolute atomic E-state index is 0.0416. The first kappa shape index (κ1) is 35.4. The van der Waals surface area contributed by atoms with Crippen LogP contribution in [0.4, 0.5) is 0 Å². The Morgan fingerprint density at radius 3 is 2.58 bits per heavy atom. The van der Waals surface area contributed by atoms with Gasteiger partial charge in [-0.3, -0.25) is 9.78 Å². The summed E-state index contributed by atoms with van der Waals surface area (Å²) < 4.78 is 19.7. The number of hydrogen-bond acceptors (Lipinski definition) is 8. The Hall–Kier alpha value is -1.62. The Balaban J connectivity index is 0.985. The van der Waals surface area contributed by atoms with Gasteiger partial charge < -0.3 is 34.4 Å². The van der Waals surface area contributed by atoms with Crippen molar-refractivity contribution in [3.8, 4) is 0 Å². The van der Waals surface area contributed by atoms with Crippen LogP contribution in [0.2, 0.25) is 0 Å². The topological polar surface area (TPSA) is 122 Å². The second-order valence-corrected chi connectivity index (χ2v) is 19.5. The van der Waals surface area contributed by atoms with Crippen molar-refractivity contribution >= 4 is 5.91 Å². The number of morpholine rings is 1. The molecule has 3 N–H and O–H groups in total. The molecule has 0 bridgehead atoms. The Kier molecular flexibility index (Phi) is 8.28. The van der Waals surface area contributed by atoms with Crippen LogP contribution in [0.25, 0.3) is 0 Å². The maximum Gasteiger partial charge on any atom is 0.227 e. The standard InChI is InChI=1S/C41H62N2O7/c1-24-19-26(34(45)37(4,5)47)49-33-32(24)38(6)14-15-41-23-40(41)13-12-29(36(2,3)27(40)10-11-28(41)39(38,7)35(33)46)50-31-22-43(17-18-48-31)30(44)20-25-9-8-16-42-21-25/h8-9,16,21,24,26-29,31-35,45-47H,10-15,17-20,22-23H2,1-7H3/t24-,26?,27+,28+,29+,31?,32?,33?,34+,35+,38-,39-,40-,41?/m1/s1. The number of nitrogens with zero attached hydrogens (tertiary/aromatic N) is 2. The SMILES string of the molecule is C[C@@H]1CC([C@H](O)C(C)(C)O)OC2C1[C@@]1(C)CCC34C[C@@]35CC[C@H](OC3CN(C(=O)Cc6cccnc6)CCO3)C(C)(C)[C@@H]5CC[C@H]4[C@]1(C)[C@H]2O. The summed E-state index contributed by atoms with van der Waals surface area (Å²) in [6.07, 6.45) is 9.65. The van der Waals surface area contributed by atoms with E-state index >= 15 is 0 Å². The Morgan fingerprint density at radius 2 is 1.86 bits per heavy atom. The molecule has 1 aromatic rings. The first-order valence-electron chi connectivity index (χ1n) is 19.7. The van der Waals surface area contributed by atoms with Crippen molar-refractivity contribution in [2.24, 2.45) is 50.7 Å². The Morgan fingerprint density at radius 1 is 1.12 bits per heavy atom. The Labute approximate surface area is 298 Å². The van der Waals surface area contributed by atoms with Gasteiger partial charge in [0.1, 0.15) is 6.10 Å². The van der Waals surface area contributed by atoms with Crippen molar-refractivity contribution in [1.82, 2.24) is 9.88 Å². The van der Waals surface area contributed by atoms with E-state index in [1.807, 2.05) is 17.0 Å². The minimum atomic E-state index is -1.26. The van der Waals surface area contributed by atoms with Gasteiger partial charge in [-0.05, 0) is 122 Å². The van der Waals surface area contributed by atoms with E-state index in [0.29, 0.717) is 44.4 Å². The lowest BCUT2D eigenvalue weighted by Gasteiger charge is -2.64. The quantitative estimate of drug-likeness (QED) is 0.375. The predicted octanol–water partition coefficient (Wildman–Crippen LogP) is 5.14.